The number of nitrogens with zero attached hydrogens (tertiary/aromatic N) is 3. The second-order valence-electron chi connectivity index (χ2n) is 4.78. The van der Waals surface area contributed by atoms with Crippen LogP contribution in [0.3, 0.4) is 0 Å². The van der Waals surface area contributed by atoms with Gasteiger partial charge >= 0.3 is 0 Å². The van der Waals surface area contributed by atoms with E-state index in [-0.39, 0.29) is 5.82 Å². The van der Waals surface area contributed by atoms with Gasteiger partial charge in [0.2, 0.25) is 5.95 Å². The molecule has 1 aromatic heterocycles. The van der Waals surface area contributed by atoms with E-state index in [9.17, 15) is 4.39 Å². The highest BCUT2D eigenvalue weighted by Crippen LogP contribution is 2.20. The molecule has 5 heteroatoms. The molecule has 0 amide bonds. The van der Waals surface area contributed by atoms with E-state index in [2.05, 4.69) is 9.88 Å². The maximum absolute atomic E-state index is 13.6. The van der Waals surface area contributed by atoms with Crippen molar-refractivity contribution in [3.05, 3.63) is 24.0 Å². The van der Waals surface area contributed by atoms with Crippen molar-refractivity contribution in [1.29, 1.82) is 0 Å². The molecular weight excluding hydrogens is 231 g/mol. The van der Waals surface area contributed by atoms with Gasteiger partial charge in [0.15, 0.2) is 5.82 Å². The Kier molecular flexibility index (Phi) is 2.91. The van der Waals surface area contributed by atoms with Crippen LogP contribution in [0.4, 0.5) is 10.3 Å². The van der Waals surface area contributed by atoms with Gasteiger partial charge < -0.3 is 15.2 Å². The average Bonchev–Trinajstić information content (AvgIpc) is 2.95. The van der Waals surface area contributed by atoms with E-state index in [1.54, 1.807) is 6.07 Å². The Bertz CT molecular complexity index is 557. The average molecular weight is 248 g/mol. The number of hydrogen-bond donors (Lipinski definition) is 1. The molecule has 3 rings (SSSR count). The zero-order valence-corrected chi connectivity index (χ0v) is 10.3. The molecular formula is C13H17FN4. The molecule has 1 fully saturated rings. The molecule has 18 heavy (non-hydrogen) atoms. The van der Waals surface area contributed by atoms with Crippen molar-refractivity contribution in [3.63, 3.8) is 0 Å². The lowest BCUT2D eigenvalue weighted by Crippen LogP contribution is -2.24. The summed E-state index contributed by atoms with van der Waals surface area (Å²) in [6.45, 7) is 4.03. The summed E-state index contributed by atoms with van der Waals surface area (Å²) < 4.78 is 15.5. The number of rotatable bonds is 3. The quantitative estimate of drug-likeness (QED) is 0.901. The van der Waals surface area contributed by atoms with Crippen molar-refractivity contribution in [1.82, 2.24) is 14.5 Å². The van der Waals surface area contributed by atoms with Gasteiger partial charge in [0, 0.05) is 13.1 Å². The number of likely N-dealkylation sites (tertiary alicyclic amines) is 1. The summed E-state index contributed by atoms with van der Waals surface area (Å²) in [6.07, 6.45) is 2.55. The van der Waals surface area contributed by atoms with Crippen LogP contribution in [-0.2, 0) is 6.54 Å². The van der Waals surface area contributed by atoms with Crippen LogP contribution < -0.4 is 5.73 Å². The molecule has 2 N–H and O–H groups in total. The molecule has 2 heterocycles. The standard InChI is InChI=1S/C13H17FN4/c14-10-4-3-5-11-12(10)16-13(15)18(11)9-8-17-6-1-2-7-17/h3-5H,1-2,6-9H2,(H2,15,16). The van der Waals surface area contributed by atoms with Crippen LogP contribution in [0.2, 0.25) is 0 Å². The fourth-order valence-corrected chi connectivity index (χ4v) is 2.61. The molecule has 0 unspecified atom stereocenters. The summed E-state index contributed by atoms with van der Waals surface area (Å²) in [5.74, 6) is 0.0911. The van der Waals surface area contributed by atoms with Gasteiger partial charge in [-0.2, -0.15) is 0 Å². The van der Waals surface area contributed by atoms with Gasteiger partial charge in [-0.25, -0.2) is 9.37 Å². The van der Waals surface area contributed by atoms with Gasteiger partial charge in [-0.1, -0.05) is 6.07 Å². The number of para-hydroxylation sites is 1. The van der Waals surface area contributed by atoms with Crippen molar-refractivity contribution in [2.45, 2.75) is 19.4 Å². The lowest BCUT2D eigenvalue weighted by atomic mass is 10.3. The van der Waals surface area contributed by atoms with Crippen LogP contribution in [-0.4, -0.2) is 34.1 Å². The molecule has 1 aliphatic rings. The highest BCUT2D eigenvalue weighted by molar-refractivity contribution is 5.78. The van der Waals surface area contributed by atoms with Gasteiger partial charge in [0.05, 0.1) is 5.52 Å². The van der Waals surface area contributed by atoms with Crippen LogP contribution in [0.5, 0.6) is 0 Å². The second-order valence-corrected chi connectivity index (χ2v) is 4.78. The first-order valence-corrected chi connectivity index (χ1v) is 6.38. The molecule has 0 saturated carbocycles. The van der Waals surface area contributed by atoms with E-state index in [0.717, 1.165) is 31.7 Å². The number of imidazole rings is 1. The molecule has 0 aliphatic carbocycles. The molecule has 2 aromatic rings. The fourth-order valence-electron chi connectivity index (χ4n) is 2.61. The number of nitrogen functional groups attached to an aromatic ring is 1. The third kappa shape index (κ3) is 1.95. The van der Waals surface area contributed by atoms with Crippen LogP contribution in [0, 0.1) is 5.82 Å². The van der Waals surface area contributed by atoms with Gasteiger partial charge in [-0.15, -0.1) is 0 Å². The first-order chi connectivity index (χ1) is 8.75. The molecule has 4 nitrogen and oxygen atoms in total. The van der Waals surface area contributed by atoms with Crippen molar-refractivity contribution in [2.24, 2.45) is 0 Å². The Hall–Kier alpha value is -1.62. The van der Waals surface area contributed by atoms with Crippen LogP contribution in [0.15, 0.2) is 18.2 Å². The Balaban J connectivity index is 1.86. The fraction of sp³-hybridized carbons (Fsp3) is 0.462. The monoisotopic (exact) mass is 248 g/mol. The Morgan fingerprint density at radius 1 is 1.22 bits per heavy atom. The van der Waals surface area contributed by atoms with E-state index in [4.69, 9.17) is 5.73 Å². The zero-order chi connectivity index (χ0) is 12.5. The molecule has 1 aromatic carbocycles. The Morgan fingerprint density at radius 2 is 2.00 bits per heavy atom. The minimum atomic E-state index is -0.306. The number of hydrogen-bond acceptors (Lipinski definition) is 3. The largest absolute Gasteiger partial charge is 0.369 e. The minimum absolute atomic E-state index is 0.306. The Labute approximate surface area is 105 Å². The van der Waals surface area contributed by atoms with Gasteiger partial charge in [0.25, 0.3) is 0 Å². The SMILES string of the molecule is Nc1nc2c(F)cccc2n1CCN1CCCC1. The smallest absolute Gasteiger partial charge is 0.201 e. The third-order valence-electron chi connectivity index (χ3n) is 3.60. The number of halogens is 1. The molecule has 0 bridgehead atoms. The molecule has 0 spiro atoms. The summed E-state index contributed by atoms with van der Waals surface area (Å²) in [4.78, 5) is 6.51. The zero-order valence-electron chi connectivity index (χ0n) is 10.3. The van der Waals surface area contributed by atoms with E-state index in [0.29, 0.717) is 11.5 Å². The lowest BCUT2D eigenvalue weighted by molar-refractivity contribution is 0.325. The first kappa shape index (κ1) is 11.5. The minimum Gasteiger partial charge on any atom is -0.369 e. The number of aromatic nitrogens is 2. The lowest BCUT2D eigenvalue weighted by Gasteiger charge is -2.15. The maximum Gasteiger partial charge on any atom is 0.201 e. The highest BCUT2D eigenvalue weighted by atomic mass is 19.1. The van der Waals surface area contributed by atoms with Crippen molar-refractivity contribution in [2.75, 3.05) is 25.4 Å². The van der Waals surface area contributed by atoms with Crippen molar-refractivity contribution >= 4 is 17.0 Å². The van der Waals surface area contributed by atoms with Crippen molar-refractivity contribution in [3.8, 4) is 0 Å². The van der Waals surface area contributed by atoms with E-state index < -0.39 is 0 Å². The molecule has 96 valence electrons. The predicted molar refractivity (Wildman–Crippen MR) is 69.8 cm³/mol. The number of benzene rings is 1. The van der Waals surface area contributed by atoms with E-state index in [1.807, 2.05) is 10.6 Å². The number of fused-ring (bicyclic) bond motifs is 1. The topological polar surface area (TPSA) is 47.1 Å². The Morgan fingerprint density at radius 3 is 2.78 bits per heavy atom. The van der Waals surface area contributed by atoms with Gasteiger partial charge in [0.1, 0.15) is 5.52 Å². The normalized spacial score (nSPS) is 16.7. The second kappa shape index (κ2) is 4.57. The molecule has 1 aliphatic heterocycles. The first-order valence-electron chi connectivity index (χ1n) is 6.38. The van der Waals surface area contributed by atoms with Crippen molar-refractivity contribution < 1.29 is 4.39 Å². The summed E-state index contributed by atoms with van der Waals surface area (Å²) >= 11 is 0. The summed E-state index contributed by atoms with van der Waals surface area (Å²) in [6, 6.07) is 4.98. The van der Waals surface area contributed by atoms with E-state index in [1.165, 1.54) is 18.9 Å². The van der Waals surface area contributed by atoms with Crippen LogP contribution in [0.1, 0.15) is 12.8 Å². The predicted octanol–water partition coefficient (Wildman–Crippen LogP) is 1.85. The molecule has 0 atom stereocenters. The van der Waals surface area contributed by atoms with Crippen LogP contribution in [0.25, 0.3) is 11.0 Å². The maximum atomic E-state index is 13.6. The van der Waals surface area contributed by atoms with Gasteiger partial charge in [-0.3, -0.25) is 0 Å². The van der Waals surface area contributed by atoms with Crippen LogP contribution >= 0.6 is 0 Å². The number of anilines is 1. The molecule has 0 radical (unpaired) electrons. The summed E-state index contributed by atoms with van der Waals surface area (Å²) in [5, 5.41) is 0. The molecule has 1 saturated heterocycles. The van der Waals surface area contributed by atoms with Gasteiger partial charge in [-0.05, 0) is 38.1 Å². The van der Waals surface area contributed by atoms with E-state index >= 15 is 0 Å². The third-order valence-corrected chi connectivity index (χ3v) is 3.60. The highest BCUT2D eigenvalue weighted by Gasteiger charge is 2.14. The summed E-state index contributed by atoms with van der Waals surface area (Å²) in [7, 11) is 0. The number of nitrogens with two attached hydrogens (primary N) is 1. The summed E-state index contributed by atoms with van der Waals surface area (Å²) in [5.41, 5.74) is 7.03.